The maximum absolute atomic E-state index is 13.2. The molecular formula is C18H13FN6OS. The Balaban J connectivity index is 1.63. The maximum Gasteiger partial charge on any atom is 0.263 e. The van der Waals surface area contributed by atoms with Gasteiger partial charge in [-0.05, 0) is 24.3 Å². The van der Waals surface area contributed by atoms with Crippen LogP contribution in [0.5, 0.6) is 0 Å². The zero-order valence-electron chi connectivity index (χ0n) is 13.9. The van der Waals surface area contributed by atoms with Crippen molar-refractivity contribution in [2.45, 2.75) is 0 Å². The zero-order valence-corrected chi connectivity index (χ0v) is 14.7. The zero-order chi connectivity index (χ0) is 18.4. The normalized spacial score (nSPS) is 13.7. The average Bonchev–Trinajstić information content (AvgIpc) is 2.94. The van der Waals surface area contributed by atoms with Crippen LogP contribution in [-0.2, 0) is 0 Å². The number of rotatable bonds is 2. The van der Waals surface area contributed by atoms with Crippen LogP contribution in [0.15, 0.2) is 36.7 Å². The van der Waals surface area contributed by atoms with Crippen LogP contribution in [0.1, 0.15) is 9.67 Å². The number of halogens is 1. The van der Waals surface area contributed by atoms with E-state index in [1.807, 2.05) is 24.3 Å². The highest BCUT2D eigenvalue weighted by Crippen LogP contribution is 2.40. The van der Waals surface area contributed by atoms with E-state index in [0.29, 0.717) is 29.6 Å². The van der Waals surface area contributed by atoms with Gasteiger partial charge < -0.3 is 16.0 Å². The summed E-state index contributed by atoms with van der Waals surface area (Å²) in [6.45, 7) is 1.27. The molecule has 0 unspecified atom stereocenters. The maximum atomic E-state index is 13.2. The van der Waals surface area contributed by atoms with Crippen LogP contribution in [0, 0.1) is 5.95 Å². The number of anilines is 3. The van der Waals surface area contributed by atoms with E-state index in [1.54, 1.807) is 0 Å². The van der Waals surface area contributed by atoms with Crippen molar-refractivity contribution < 1.29 is 9.18 Å². The Morgan fingerprint density at radius 3 is 2.85 bits per heavy atom. The lowest BCUT2D eigenvalue weighted by Gasteiger charge is -2.08. The van der Waals surface area contributed by atoms with Gasteiger partial charge in [0.1, 0.15) is 22.8 Å². The third-order valence-corrected chi connectivity index (χ3v) is 5.48. The largest absolute Gasteiger partial charge is 0.381 e. The van der Waals surface area contributed by atoms with Gasteiger partial charge in [0, 0.05) is 34.6 Å². The number of nitrogens with zero attached hydrogens (tertiary/aromatic N) is 3. The predicted octanol–water partition coefficient (Wildman–Crippen LogP) is 3.28. The quantitative estimate of drug-likeness (QED) is 0.462. The van der Waals surface area contributed by atoms with Gasteiger partial charge in [0.2, 0.25) is 5.95 Å². The van der Waals surface area contributed by atoms with Crippen molar-refractivity contribution in [1.29, 1.82) is 0 Å². The summed E-state index contributed by atoms with van der Waals surface area (Å²) >= 11 is 1.47. The monoisotopic (exact) mass is 380 g/mol. The fraction of sp³-hybridized carbons (Fsp3) is 0.111. The van der Waals surface area contributed by atoms with Crippen molar-refractivity contribution >= 4 is 55.6 Å². The lowest BCUT2D eigenvalue weighted by Crippen LogP contribution is -2.24. The summed E-state index contributed by atoms with van der Waals surface area (Å²) in [6, 6.07) is 8.84. The third-order valence-electron chi connectivity index (χ3n) is 4.33. The Hall–Kier alpha value is -3.33. The average molecular weight is 380 g/mol. The first-order valence-corrected chi connectivity index (χ1v) is 9.13. The second-order valence-electron chi connectivity index (χ2n) is 6.04. The molecule has 0 spiro atoms. The van der Waals surface area contributed by atoms with Gasteiger partial charge >= 0.3 is 0 Å². The van der Waals surface area contributed by atoms with Crippen molar-refractivity contribution in [3.8, 4) is 0 Å². The van der Waals surface area contributed by atoms with E-state index in [2.05, 4.69) is 30.9 Å². The van der Waals surface area contributed by atoms with Crippen LogP contribution in [-0.4, -0.2) is 33.9 Å². The summed E-state index contributed by atoms with van der Waals surface area (Å²) < 4.78 is 14.3. The number of hydrogen-bond acceptors (Lipinski definition) is 7. The third kappa shape index (κ3) is 2.72. The molecular weight excluding hydrogens is 367 g/mol. The summed E-state index contributed by atoms with van der Waals surface area (Å²) in [5, 5.41) is 11.2. The number of pyridine rings is 1. The fourth-order valence-electron chi connectivity index (χ4n) is 3.18. The van der Waals surface area contributed by atoms with Gasteiger partial charge in [-0.2, -0.15) is 4.39 Å². The van der Waals surface area contributed by atoms with Crippen molar-refractivity contribution in [3.05, 3.63) is 47.5 Å². The molecule has 7 nitrogen and oxygen atoms in total. The molecule has 0 fully saturated rings. The molecule has 3 N–H and O–H groups in total. The summed E-state index contributed by atoms with van der Waals surface area (Å²) in [7, 11) is 0. The van der Waals surface area contributed by atoms with Crippen molar-refractivity contribution in [2.75, 3.05) is 23.7 Å². The van der Waals surface area contributed by atoms with Crippen LogP contribution < -0.4 is 16.0 Å². The molecule has 3 aromatic heterocycles. The molecule has 0 aliphatic carbocycles. The number of hydrogen-bond donors (Lipinski definition) is 3. The summed E-state index contributed by atoms with van der Waals surface area (Å²) in [6.07, 6.45) is 1.15. The van der Waals surface area contributed by atoms with Crippen LogP contribution in [0.3, 0.4) is 0 Å². The highest BCUT2D eigenvalue weighted by atomic mass is 32.1. The van der Waals surface area contributed by atoms with Crippen LogP contribution in [0.2, 0.25) is 0 Å². The molecule has 1 aromatic carbocycles. The predicted molar refractivity (Wildman–Crippen MR) is 103 cm³/mol. The van der Waals surface area contributed by atoms with Gasteiger partial charge in [-0.25, -0.2) is 15.0 Å². The summed E-state index contributed by atoms with van der Waals surface area (Å²) in [5.41, 5.74) is 1.63. The number of aromatic nitrogens is 3. The lowest BCUT2D eigenvalue weighted by atomic mass is 10.1. The lowest BCUT2D eigenvalue weighted by molar-refractivity contribution is 0.0962. The Morgan fingerprint density at radius 1 is 1.07 bits per heavy atom. The van der Waals surface area contributed by atoms with Gasteiger partial charge in [0.05, 0.1) is 11.2 Å². The van der Waals surface area contributed by atoms with Gasteiger partial charge in [-0.1, -0.05) is 0 Å². The van der Waals surface area contributed by atoms with Gasteiger partial charge in [0.25, 0.3) is 5.91 Å². The minimum Gasteiger partial charge on any atom is -0.381 e. The van der Waals surface area contributed by atoms with E-state index < -0.39 is 5.95 Å². The number of carbonyl (C=O) groups is 1. The number of amides is 1. The molecule has 4 aromatic rings. The molecule has 134 valence electrons. The Morgan fingerprint density at radius 2 is 1.96 bits per heavy atom. The van der Waals surface area contributed by atoms with E-state index in [1.165, 1.54) is 17.4 Å². The molecule has 9 heteroatoms. The molecule has 0 atom stereocenters. The molecule has 0 bridgehead atoms. The first-order valence-electron chi connectivity index (χ1n) is 8.32. The molecule has 1 aliphatic heterocycles. The highest BCUT2D eigenvalue weighted by Gasteiger charge is 2.22. The molecule has 1 aliphatic rings. The molecule has 0 saturated heterocycles. The van der Waals surface area contributed by atoms with Crippen molar-refractivity contribution in [1.82, 2.24) is 20.3 Å². The molecule has 0 saturated carbocycles. The number of thiophene rings is 1. The Kier molecular flexibility index (Phi) is 3.61. The van der Waals surface area contributed by atoms with E-state index in [-0.39, 0.29) is 5.91 Å². The van der Waals surface area contributed by atoms with Crippen molar-refractivity contribution in [3.63, 3.8) is 0 Å². The number of fused-ring (bicyclic) bond motifs is 5. The number of benzene rings is 1. The molecule has 4 heterocycles. The number of nitrogens with one attached hydrogen (secondary N) is 3. The minimum atomic E-state index is -0.611. The number of carbonyl (C=O) groups excluding carboxylic acids is 1. The summed E-state index contributed by atoms with van der Waals surface area (Å²) in [4.78, 5) is 25.0. The fourth-order valence-corrected chi connectivity index (χ4v) is 4.29. The smallest absolute Gasteiger partial charge is 0.263 e. The van der Waals surface area contributed by atoms with Gasteiger partial charge in [-0.15, -0.1) is 11.3 Å². The van der Waals surface area contributed by atoms with E-state index in [4.69, 9.17) is 0 Å². The van der Waals surface area contributed by atoms with E-state index in [0.717, 1.165) is 33.0 Å². The molecule has 1 amide bonds. The van der Waals surface area contributed by atoms with Gasteiger partial charge in [0.15, 0.2) is 0 Å². The SMILES string of the molecule is O=C1NCCNc2c1sc1ccc3nc(Nc4cc(F)ncn4)ccc3c21. The topological polar surface area (TPSA) is 91.8 Å². The first-order chi connectivity index (χ1) is 13.2. The molecule has 5 rings (SSSR count). The van der Waals surface area contributed by atoms with E-state index in [9.17, 15) is 9.18 Å². The first kappa shape index (κ1) is 15.9. The highest BCUT2D eigenvalue weighted by molar-refractivity contribution is 7.21. The van der Waals surface area contributed by atoms with Crippen LogP contribution in [0.25, 0.3) is 21.0 Å². The second-order valence-corrected chi connectivity index (χ2v) is 7.09. The van der Waals surface area contributed by atoms with Crippen LogP contribution in [0.4, 0.5) is 21.7 Å². The Bertz CT molecular complexity index is 1210. The van der Waals surface area contributed by atoms with E-state index >= 15 is 0 Å². The standard InChI is InChI=1S/C18H13FN6OS/c19-12-7-14(23-8-22-12)25-13-4-1-9-10(24-13)2-3-11-15(9)16-17(27-11)18(26)21-6-5-20-16/h1-4,7-8,20H,5-6H2,(H,21,26)(H,22,23,24,25). The Labute approximate surface area is 156 Å². The molecule has 0 radical (unpaired) electrons. The minimum absolute atomic E-state index is 0.0543. The van der Waals surface area contributed by atoms with Crippen LogP contribution >= 0.6 is 11.3 Å². The summed E-state index contributed by atoms with van der Waals surface area (Å²) in [5.74, 6) is 0.215. The van der Waals surface area contributed by atoms with Gasteiger partial charge in [-0.3, -0.25) is 4.79 Å². The second kappa shape index (κ2) is 6.13. The van der Waals surface area contributed by atoms with Crippen molar-refractivity contribution in [2.24, 2.45) is 0 Å². The molecule has 27 heavy (non-hydrogen) atoms.